The summed E-state index contributed by atoms with van der Waals surface area (Å²) in [7, 11) is 3.49. The van der Waals surface area contributed by atoms with E-state index >= 15 is 0 Å². The molecule has 3 aromatic rings. The maximum absolute atomic E-state index is 13.1. The van der Waals surface area contributed by atoms with Crippen molar-refractivity contribution in [3.05, 3.63) is 56.7 Å². The van der Waals surface area contributed by atoms with E-state index in [2.05, 4.69) is 0 Å². The second kappa shape index (κ2) is 7.86. The summed E-state index contributed by atoms with van der Waals surface area (Å²) in [5.41, 5.74) is 1.86. The Balaban J connectivity index is 2.15. The number of likely N-dealkylation sites (N-methyl/N-ethyl adjacent to an activating group) is 1. The number of fused-ring (bicyclic) bond motifs is 1. The fourth-order valence-corrected chi connectivity index (χ4v) is 5.28. The van der Waals surface area contributed by atoms with Gasteiger partial charge in [0.15, 0.2) is 5.16 Å². The molecule has 2 heterocycles. The summed E-state index contributed by atoms with van der Waals surface area (Å²) < 4.78 is 1.67. The number of carbonyl (C=O) groups is 1. The summed E-state index contributed by atoms with van der Waals surface area (Å²) >= 11 is 2.87. The first-order valence-electron chi connectivity index (χ1n) is 8.78. The number of carbonyl (C=O) groups excluding carboxylic acids is 1. The minimum Gasteiger partial charge on any atom is -0.348 e. The molecular weight excluding hydrogens is 378 g/mol. The number of nitrogens with zero attached hydrogens (tertiary/aromatic N) is 3. The minimum atomic E-state index is -0.453. The molecule has 1 aromatic carbocycles. The van der Waals surface area contributed by atoms with Crippen LogP contribution < -0.4 is 5.56 Å². The van der Waals surface area contributed by atoms with Gasteiger partial charge in [0.1, 0.15) is 10.1 Å². The van der Waals surface area contributed by atoms with Crippen LogP contribution in [0.1, 0.15) is 28.2 Å². The summed E-state index contributed by atoms with van der Waals surface area (Å²) in [6, 6.07) is 9.63. The number of hydrogen-bond acceptors (Lipinski definition) is 5. The summed E-state index contributed by atoms with van der Waals surface area (Å²) in [4.78, 5) is 34.1. The predicted molar refractivity (Wildman–Crippen MR) is 113 cm³/mol. The molecule has 142 valence electrons. The monoisotopic (exact) mass is 401 g/mol. The number of aromatic nitrogens is 2. The highest BCUT2D eigenvalue weighted by Crippen LogP contribution is 2.37. The van der Waals surface area contributed by atoms with Gasteiger partial charge in [0, 0.05) is 25.5 Å². The van der Waals surface area contributed by atoms with Crippen LogP contribution in [0.2, 0.25) is 0 Å². The van der Waals surface area contributed by atoms with E-state index in [1.54, 1.807) is 23.6 Å². The Hall–Kier alpha value is -2.12. The summed E-state index contributed by atoms with van der Waals surface area (Å²) in [6.45, 7) is 6.41. The topological polar surface area (TPSA) is 55.2 Å². The van der Waals surface area contributed by atoms with Crippen molar-refractivity contribution < 1.29 is 4.79 Å². The largest absolute Gasteiger partial charge is 0.348 e. The van der Waals surface area contributed by atoms with Crippen molar-refractivity contribution in [2.45, 2.75) is 37.7 Å². The molecule has 0 aliphatic rings. The normalized spacial score (nSPS) is 12.3. The SMILES string of the molecule is CCn1c(S[C@@H](C(=O)N(C)C)c2ccccc2)nc2sc(C)c(C)c2c1=O. The first-order chi connectivity index (χ1) is 12.8. The van der Waals surface area contributed by atoms with Crippen molar-refractivity contribution in [3.8, 4) is 0 Å². The maximum atomic E-state index is 13.1. The third-order valence-corrected chi connectivity index (χ3v) is 6.89. The number of hydrogen-bond donors (Lipinski definition) is 0. The van der Waals surface area contributed by atoms with Crippen LogP contribution in [0.4, 0.5) is 0 Å². The van der Waals surface area contributed by atoms with Gasteiger partial charge in [0.05, 0.1) is 5.39 Å². The highest BCUT2D eigenvalue weighted by molar-refractivity contribution is 8.00. The third kappa shape index (κ3) is 3.66. The molecule has 0 aliphatic heterocycles. The Kier molecular flexibility index (Phi) is 5.72. The van der Waals surface area contributed by atoms with Crippen LogP contribution in [0.5, 0.6) is 0 Å². The molecular formula is C20H23N3O2S2. The van der Waals surface area contributed by atoms with E-state index in [0.717, 1.165) is 20.8 Å². The molecule has 0 radical (unpaired) electrons. The average Bonchev–Trinajstić information content (AvgIpc) is 2.94. The maximum Gasteiger partial charge on any atom is 0.263 e. The number of thioether (sulfide) groups is 1. The molecule has 0 saturated heterocycles. The molecule has 0 N–H and O–H groups in total. The van der Waals surface area contributed by atoms with Crippen molar-refractivity contribution in [3.63, 3.8) is 0 Å². The molecule has 0 bridgehead atoms. The predicted octanol–water partition coefficient (Wildman–Crippen LogP) is 4.02. The van der Waals surface area contributed by atoms with E-state index in [1.165, 1.54) is 23.1 Å². The van der Waals surface area contributed by atoms with Crippen LogP contribution in [0.25, 0.3) is 10.2 Å². The van der Waals surface area contributed by atoms with E-state index in [9.17, 15) is 9.59 Å². The van der Waals surface area contributed by atoms with Gasteiger partial charge in [0.25, 0.3) is 5.56 Å². The van der Waals surface area contributed by atoms with Gasteiger partial charge in [-0.15, -0.1) is 11.3 Å². The standard InChI is InChI=1S/C20H23N3O2S2/c1-6-23-18(24)15-12(2)13(3)26-17(15)21-20(23)27-16(19(25)22(4)5)14-10-8-7-9-11-14/h7-11,16H,6H2,1-5H3/t16-/m1/s1. The average molecular weight is 402 g/mol. The molecule has 0 spiro atoms. The highest BCUT2D eigenvalue weighted by Gasteiger charge is 2.26. The number of aryl methyl sites for hydroxylation is 2. The number of amides is 1. The molecule has 1 amide bonds. The van der Waals surface area contributed by atoms with Gasteiger partial charge in [-0.2, -0.15) is 0 Å². The van der Waals surface area contributed by atoms with Crippen molar-refractivity contribution >= 4 is 39.2 Å². The quantitative estimate of drug-likeness (QED) is 0.479. The zero-order chi connectivity index (χ0) is 19.7. The van der Waals surface area contributed by atoms with Gasteiger partial charge in [-0.3, -0.25) is 14.2 Å². The molecule has 3 rings (SSSR count). The van der Waals surface area contributed by atoms with Crippen LogP contribution in [0.15, 0.2) is 40.3 Å². The summed E-state index contributed by atoms with van der Waals surface area (Å²) in [5, 5.41) is 0.824. The molecule has 27 heavy (non-hydrogen) atoms. The zero-order valence-electron chi connectivity index (χ0n) is 16.1. The number of rotatable bonds is 5. The smallest absolute Gasteiger partial charge is 0.263 e. The summed E-state index contributed by atoms with van der Waals surface area (Å²) in [6.07, 6.45) is 0. The van der Waals surface area contributed by atoms with Crippen molar-refractivity contribution in [2.24, 2.45) is 0 Å². The Morgan fingerprint density at radius 1 is 1.26 bits per heavy atom. The van der Waals surface area contributed by atoms with Gasteiger partial charge in [-0.1, -0.05) is 42.1 Å². The van der Waals surface area contributed by atoms with Crippen LogP contribution in [-0.4, -0.2) is 34.5 Å². The zero-order valence-corrected chi connectivity index (χ0v) is 17.8. The molecule has 0 aliphatic carbocycles. The van der Waals surface area contributed by atoms with E-state index in [0.29, 0.717) is 17.1 Å². The summed E-state index contributed by atoms with van der Waals surface area (Å²) in [5.74, 6) is -0.0262. The lowest BCUT2D eigenvalue weighted by Crippen LogP contribution is -2.28. The lowest BCUT2D eigenvalue weighted by Gasteiger charge is -2.21. The first kappa shape index (κ1) is 19.6. The second-order valence-electron chi connectivity index (χ2n) is 6.55. The molecule has 5 nitrogen and oxygen atoms in total. The molecule has 1 atom stereocenters. The van der Waals surface area contributed by atoms with E-state index in [-0.39, 0.29) is 11.5 Å². The Morgan fingerprint density at radius 3 is 2.52 bits per heavy atom. The van der Waals surface area contributed by atoms with Crippen LogP contribution in [-0.2, 0) is 11.3 Å². The first-order valence-corrected chi connectivity index (χ1v) is 10.5. The molecule has 0 fully saturated rings. The Bertz CT molecular complexity index is 1040. The van der Waals surface area contributed by atoms with E-state index < -0.39 is 5.25 Å². The van der Waals surface area contributed by atoms with Crippen LogP contribution in [0, 0.1) is 13.8 Å². The lowest BCUT2D eigenvalue weighted by atomic mass is 10.1. The van der Waals surface area contributed by atoms with Gasteiger partial charge >= 0.3 is 0 Å². The van der Waals surface area contributed by atoms with Crippen molar-refractivity contribution in [2.75, 3.05) is 14.1 Å². The fraction of sp³-hybridized carbons (Fsp3) is 0.350. The second-order valence-corrected chi connectivity index (χ2v) is 8.82. The molecule has 2 aromatic heterocycles. The minimum absolute atomic E-state index is 0.0262. The number of thiophene rings is 1. The van der Waals surface area contributed by atoms with Crippen LogP contribution >= 0.6 is 23.1 Å². The Labute approximate surface area is 167 Å². The van der Waals surface area contributed by atoms with E-state index in [1.807, 2.05) is 51.1 Å². The molecule has 0 saturated carbocycles. The van der Waals surface area contributed by atoms with Crippen LogP contribution in [0.3, 0.4) is 0 Å². The van der Waals surface area contributed by atoms with Gasteiger partial charge in [0.2, 0.25) is 5.91 Å². The van der Waals surface area contributed by atoms with Gasteiger partial charge < -0.3 is 4.90 Å². The van der Waals surface area contributed by atoms with Gasteiger partial charge in [-0.25, -0.2) is 4.98 Å². The Morgan fingerprint density at radius 2 is 1.93 bits per heavy atom. The van der Waals surface area contributed by atoms with Gasteiger partial charge in [-0.05, 0) is 31.9 Å². The van der Waals surface area contributed by atoms with Crippen molar-refractivity contribution in [1.29, 1.82) is 0 Å². The molecule has 0 unspecified atom stereocenters. The van der Waals surface area contributed by atoms with E-state index in [4.69, 9.17) is 4.98 Å². The number of benzene rings is 1. The highest BCUT2D eigenvalue weighted by atomic mass is 32.2. The third-order valence-electron chi connectivity index (χ3n) is 4.56. The lowest BCUT2D eigenvalue weighted by molar-refractivity contribution is -0.128. The van der Waals surface area contributed by atoms with Crippen molar-refractivity contribution in [1.82, 2.24) is 14.5 Å². The molecule has 7 heteroatoms. The fourth-order valence-electron chi connectivity index (χ4n) is 2.91.